The summed E-state index contributed by atoms with van der Waals surface area (Å²) in [4.78, 5) is 4.21. The second kappa shape index (κ2) is 3.21. The predicted octanol–water partition coefficient (Wildman–Crippen LogP) is 2.48. The van der Waals surface area contributed by atoms with Gasteiger partial charge in [0.2, 0.25) is 0 Å². The average molecular weight is 175 g/mol. The first-order valence-electron chi connectivity index (χ1n) is 4.50. The fourth-order valence-electron chi connectivity index (χ4n) is 1.45. The van der Waals surface area contributed by atoms with Crippen molar-refractivity contribution >= 4 is 5.90 Å². The van der Waals surface area contributed by atoms with Crippen molar-refractivity contribution in [3.8, 4) is 0 Å². The number of ether oxygens (including phenoxy) is 1. The summed E-state index contributed by atoms with van der Waals surface area (Å²) < 4.78 is 5.54. The lowest BCUT2D eigenvalue weighted by atomic mass is 10.1. The number of rotatable bonds is 1. The normalized spacial score (nSPS) is 21.1. The van der Waals surface area contributed by atoms with Crippen molar-refractivity contribution in [2.75, 3.05) is 6.54 Å². The fraction of sp³-hybridized carbons (Fsp3) is 0.364. The van der Waals surface area contributed by atoms with Gasteiger partial charge in [0.1, 0.15) is 6.10 Å². The first-order valence-corrected chi connectivity index (χ1v) is 4.50. The Morgan fingerprint density at radius 3 is 2.46 bits per heavy atom. The van der Waals surface area contributed by atoms with E-state index in [0.29, 0.717) is 0 Å². The van der Waals surface area contributed by atoms with Gasteiger partial charge in [-0.1, -0.05) is 29.8 Å². The molecule has 0 radical (unpaired) electrons. The summed E-state index contributed by atoms with van der Waals surface area (Å²) in [5.74, 6) is 0.797. The predicted molar refractivity (Wildman–Crippen MR) is 53.0 cm³/mol. The molecule has 1 atom stereocenters. The van der Waals surface area contributed by atoms with Crippen molar-refractivity contribution < 1.29 is 4.74 Å². The Balaban J connectivity index is 2.14. The topological polar surface area (TPSA) is 21.6 Å². The highest BCUT2D eigenvalue weighted by Crippen LogP contribution is 2.22. The van der Waals surface area contributed by atoms with Gasteiger partial charge < -0.3 is 4.74 Å². The third-order valence-corrected chi connectivity index (χ3v) is 2.24. The van der Waals surface area contributed by atoms with Gasteiger partial charge >= 0.3 is 0 Å². The molecule has 0 aromatic heterocycles. The Morgan fingerprint density at radius 2 is 1.92 bits per heavy atom. The second-order valence-corrected chi connectivity index (χ2v) is 3.38. The molecule has 1 unspecified atom stereocenters. The highest BCUT2D eigenvalue weighted by molar-refractivity contribution is 5.74. The zero-order valence-electron chi connectivity index (χ0n) is 7.95. The summed E-state index contributed by atoms with van der Waals surface area (Å²) in [6, 6.07) is 8.42. The molecule has 1 aliphatic heterocycles. The van der Waals surface area contributed by atoms with E-state index in [-0.39, 0.29) is 6.10 Å². The van der Waals surface area contributed by atoms with Crippen LogP contribution in [0.25, 0.3) is 0 Å². The van der Waals surface area contributed by atoms with Crippen molar-refractivity contribution in [3.05, 3.63) is 35.4 Å². The average Bonchev–Trinajstić information content (AvgIpc) is 2.53. The maximum atomic E-state index is 5.54. The number of nitrogens with zero attached hydrogens (tertiary/aromatic N) is 1. The lowest BCUT2D eigenvalue weighted by Crippen LogP contribution is -2.02. The second-order valence-electron chi connectivity index (χ2n) is 3.38. The largest absolute Gasteiger partial charge is 0.471 e. The number of aliphatic imine (C=N–C) groups is 1. The molecule has 2 rings (SSSR count). The lowest BCUT2D eigenvalue weighted by Gasteiger charge is -2.10. The number of hydrogen-bond donors (Lipinski definition) is 0. The smallest absolute Gasteiger partial charge is 0.181 e. The number of hydrogen-bond acceptors (Lipinski definition) is 2. The highest BCUT2D eigenvalue weighted by atomic mass is 16.5. The third kappa shape index (κ3) is 1.72. The standard InChI is InChI=1S/C11H13NO/c1-8-3-5-10(6-4-8)11-7-12-9(2)13-11/h3-6,11H,7H2,1-2H3. The van der Waals surface area contributed by atoms with Crippen LogP contribution in [0.1, 0.15) is 24.2 Å². The molecular formula is C11H13NO. The van der Waals surface area contributed by atoms with Crippen LogP contribution in [0, 0.1) is 6.92 Å². The SMILES string of the molecule is CC1=NCC(c2ccc(C)cc2)O1. The zero-order chi connectivity index (χ0) is 9.26. The van der Waals surface area contributed by atoms with Gasteiger partial charge in [0.15, 0.2) is 5.90 Å². The van der Waals surface area contributed by atoms with Gasteiger partial charge in [-0.25, -0.2) is 0 Å². The van der Waals surface area contributed by atoms with Crippen molar-refractivity contribution in [3.63, 3.8) is 0 Å². The summed E-state index contributed by atoms with van der Waals surface area (Å²) >= 11 is 0. The number of benzene rings is 1. The fourth-order valence-corrected chi connectivity index (χ4v) is 1.45. The minimum Gasteiger partial charge on any atom is -0.471 e. The van der Waals surface area contributed by atoms with Gasteiger partial charge in [-0.15, -0.1) is 0 Å². The minimum atomic E-state index is 0.139. The monoisotopic (exact) mass is 175 g/mol. The van der Waals surface area contributed by atoms with Gasteiger partial charge in [-0.2, -0.15) is 0 Å². The Kier molecular flexibility index (Phi) is 2.05. The van der Waals surface area contributed by atoms with Crippen molar-refractivity contribution in [1.82, 2.24) is 0 Å². The Labute approximate surface area is 78.3 Å². The van der Waals surface area contributed by atoms with E-state index in [0.717, 1.165) is 12.4 Å². The van der Waals surface area contributed by atoms with E-state index in [4.69, 9.17) is 4.74 Å². The first-order chi connectivity index (χ1) is 6.25. The van der Waals surface area contributed by atoms with Gasteiger partial charge in [-0.3, -0.25) is 4.99 Å². The van der Waals surface area contributed by atoms with Gasteiger partial charge in [-0.05, 0) is 12.5 Å². The molecule has 0 bridgehead atoms. The number of aryl methyl sites for hydroxylation is 1. The molecule has 0 spiro atoms. The van der Waals surface area contributed by atoms with Crippen LogP contribution in [0.4, 0.5) is 0 Å². The summed E-state index contributed by atoms with van der Waals surface area (Å²) in [6.07, 6.45) is 0.139. The Morgan fingerprint density at radius 1 is 1.23 bits per heavy atom. The van der Waals surface area contributed by atoms with Crippen LogP contribution in [0.15, 0.2) is 29.3 Å². The summed E-state index contributed by atoms with van der Waals surface area (Å²) in [5, 5.41) is 0. The lowest BCUT2D eigenvalue weighted by molar-refractivity contribution is 0.228. The zero-order valence-corrected chi connectivity index (χ0v) is 7.95. The molecule has 1 heterocycles. The molecule has 0 fully saturated rings. The maximum absolute atomic E-state index is 5.54. The molecule has 1 aromatic rings. The van der Waals surface area contributed by atoms with E-state index in [1.54, 1.807) is 0 Å². The van der Waals surface area contributed by atoms with Crippen LogP contribution in [-0.2, 0) is 4.74 Å². The van der Waals surface area contributed by atoms with Gasteiger partial charge in [0.25, 0.3) is 0 Å². The van der Waals surface area contributed by atoms with E-state index in [1.807, 2.05) is 6.92 Å². The van der Waals surface area contributed by atoms with Crippen LogP contribution >= 0.6 is 0 Å². The Bertz CT molecular complexity index is 326. The molecule has 2 nitrogen and oxygen atoms in total. The van der Waals surface area contributed by atoms with E-state index in [1.165, 1.54) is 11.1 Å². The van der Waals surface area contributed by atoms with Crippen LogP contribution in [-0.4, -0.2) is 12.4 Å². The molecular weight excluding hydrogens is 162 g/mol. The summed E-state index contributed by atoms with van der Waals surface area (Å²) in [7, 11) is 0. The van der Waals surface area contributed by atoms with E-state index < -0.39 is 0 Å². The molecule has 1 aliphatic rings. The summed E-state index contributed by atoms with van der Waals surface area (Å²) in [6.45, 7) is 4.74. The maximum Gasteiger partial charge on any atom is 0.181 e. The first kappa shape index (κ1) is 8.30. The van der Waals surface area contributed by atoms with Crippen LogP contribution in [0.2, 0.25) is 0 Å². The molecule has 2 heteroatoms. The van der Waals surface area contributed by atoms with Crippen LogP contribution in [0.3, 0.4) is 0 Å². The molecule has 13 heavy (non-hydrogen) atoms. The van der Waals surface area contributed by atoms with E-state index in [2.05, 4.69) is 36.2 Å². The molecule has 0 aliphatic carbocycles. The van der Waals surface area contributed by atoms with Crippen LogP contribution < -0.4 is 0 Å². The van der Waals surface area contributed by atoms with Crippen molar-refractivity contribution in [2.45, 2.75) is 20.0 Å². The molecule has 0 saturated heterocycles. The molecule has 1 aromatic carbocycles. The van der Waals surface area contributed by atoms with Crippen molar-refractivity contribution in [2.24, 2.45) is 4.99 Å². The summed E-state index contributed by atoms with van der Waals surface area (Å²) in [5.41, 5.74) is 2.49. The third-order valence-electron chi connectivity index (χ3n) is 2.24. The quantitative estimate of drug-likeness (QED) is 0.642. The van der Waals surface area contributed by atoms with Crippen LogP contribution in [0.5, 0.6) is 0 Å². The molecule has 0 amide bonds. The minimum absolute atomic E-state index is 0.139. The molecule has 0 saturated carbocycles. The van der Waals surface area contributed by atoms with E-state index in [9.17, 15) is 0 Å². The Hall–Kier alpha value is -1.31. The van der Waals surface area contributed by atoms with Gasteiger partial charge in [0.05, 0.1) is 6.54 Å². The van der Waals surface area contributed by atoms with Gasteiger partial charge in [0, 0.05) is 6.92 Å². The van der Waals surface area contributed by atoms with Crippen molar-refractivity contribution in [1.29, 1.82) is 0 Å². The molecule has 68 valence electrons. The highest BCUT2D eigenvalue weighted by Gasteiger charge is 2.18. The molecule has 0 N–H and O–H groups in total. The van der Waals surface area contributed by atoms with E-state index >= 15 is 0 Å².